The van der Waals surface area contributed by atoms with E-state index in [0.29, 0.717) is 27.6 Å². The molecule has 0 saturated carbocycles. The lowest BCUT2D eigenvalue weighted by Gasteiger charge is -2.26. The predicted octanol–water partition coefficient (Wildman–Crippen LogP) is 4.12. The second-order valence-electron chi connectivity index (χ2n) is 6.57. The van der Waals surface area contributed by atoms with Crippen LogP contribution in [0.3, 0.4) is 0 Å². The van der Waals surface area contributed by atoms with Gasteiger partial charge in [-0.15, -0.1) is 0 Å². The number of nitrogens with one attached hydrogen (secondary N) is 1. The highest BCUT2D eigenvalue weighted by molar-refractivity contribution is 8.00. The third-order valence-corrected chi connectivity index (χ3v) is 7.45. The zero-order chi connectivity index (χ0) is 20.2. The number of nitrogens with zero attached hydrogens (tertiary/aromatic N) is 4. The van der Waals surface area contributed by atoms with Crippen LogP contribution in [-0.2, 0) is 10.1 Å². The summed E-state index contributed by atoms with van der Waals surface area (Å²) in [5.74, 6) is 0. The Kier molecular flexibility index (Phi) is 4.16. The van der Waals surface area contributed by atoms with Crippen LogP contribution < -0.4 is 5.32 Å². The lowest BCUT2D eigenvalue weighted by Crippen LogP contribution is -2.14. The summed E-state index contributed by atoms with van der Waals surface area (Å²) >= 11 is 1.40. The van der Waals surface area contributed by atoms with Crippen LogP contribution >= 0.6 is 11.8 Å². The number of hydrogen-bond donors (Lipinski definition) is 2. The van der Waals surface area contributed by atoms with E-state index in [4.69, 9.17) is 0 Å². The third-order valence-electron chi connectivity index (χ3n) is 4.89. The standard InChI is InChI=1S/C19H15N5O3S2/c1-2-12(29(25,26)27)10-4-3-5-11-18(10)28-19-16-14(21-8-9-23-16)13-15(17(19)24-11)22-7-6-20-13/h3-9,12,24H,2H2,1H3,(H,25,26,27). The van der Waals surface area contributed by atoms with Gasteiger partial charge in [-0.2, -0.15) is 8.42 Å². The van der Waals surface area contributed by atoms with E-state index in [1.165, 1.54) is 11.8 Å². The molecule has 2 aromatic carbocycles. The number of aromatic nitrogens is 4. The zero-order valence-corrected chi connectivity index (χ0v) is 16.8. The molecule has 0 radical (unpaired) electrons. The largest absolute Gasteiger partial charge is 0.352 e. The molecule has 0 fully saturated rings. The number of fused-ring (bicyclic) bond motifs is 7. The van der Waals surface area contributed by atoms with Crippen molar-refractivity contribution in [3.05, 3.63) is 48.5 Å². The minimum atomic E-state index is -4.25. The number of anilines is 2. The molecule has 10 heteroatoms. The fourth-order valence-electron chi connectivity index (χ4n) is 3.66. The summed E-state index contributed by atoms with van der Waals surface area (Å²) in [5.41, 5.74) is 4.66. The van der Waals surface area contributed by atoms with Gasteiger partial charge >= 0.3 is 0 Å². The van der Waals surface area contributed by atoms with Crippen LogP contribution in [0.15, 0.2) is 52.8 Å². The molecular formula is C19H15N5O3S2. The zero-order valence-electron chi connectivity index (χ0n) is 15.2. The van der Waals surface area contributed by atoms with Gasteiger partial charge in [-0.3, -0.25) is 24.5 Å². The molecular weight excluding hydrogens is 410 g/mol. The number of hydrogen-bond acceptors (Lipinski definition) is 8. The van der Waals surface area contributed by atoms with Gasteiger partial charge in [-0.05, 0) is 18.1 Å². The highest BCUT2D eigenvalue weighted by Gasteiger charge is 2.31. The van der Waals surface area contributed by atoms with Gasteiger partial charge in [0.1, 0.15) is 27.3 Å². The maximum absolute atomic E-state index is 12.0. The molecule has 3 heterocycles. The second-order valence-corrected chi connectivity index (χ2v) is 9.19. The summed E-state index contributed by atoms with van der Waals surface area (Å²) in [6, 6.07) is 5.37. The first-order valence-corrected chi connectivity index (χ1v) is 11.2. The third kappa shape index (κ3) is 2.83. The molecule has 2 aromatic heterocycles. The van der Waals surface area contributed by atoms with Gasteiger partial charge in [-0.25, -0.2) is 0 Å². The van der Waals surface area contributed by atoms with Gasteiger partial charge in [0.15, 0.2) is 0 Å². The Morgan fingerprint density at radius 1 is 0.966 bits per heavy atom. The van der Waals surface area contributed by atoms with E-state index in [1.807, 2.05) is 6.07 Å². The number of rotatable bonds is 3. The fourth-order valence-corrected chi connectivity index (χ4v) is 5.93. The van der Waals surface area contributed by atoms with Gasteiger partial charge in [0.05, 0.1) is 16.3 Å². The van der Waals surface area contributed by atoms with Crippen LogP contribution in [0, 0.1) is 0 Å². The van der Waals surface area contributed by atoms with Crippen LogP contribution in [0.1, 0.15) is 24.2 Å². The Morgan fingerprint density at radius 2 is 1.59 bits per heavy atom. The van der Waals surface area contributed by atoms with Crippen LogP contribution in [0.2, 0.25) is 0 Å². The Balaban J connectivity index is 1.80. The Bertz CT molecular complexity index is 1390. The van der Waals surface area contributed by atoms with Crippen molar-refractivity contribution in [2.24, 2.45) is 0 Å². The Labute approximate surface area is 170 Å². The molecule has 4 aromatic rings. The van der Waals surface area contributed by atoms with E-state index < -0.39 is 15.4 Å². The molecule has 8 nitrogen and oxygen atoms in total. The first-order valence-electron chi connectivity index (χ1n) is 8.90. The van der Waals surface area contributed by atoms with Crippen molar-refractivity contribution in [1.82, 2.24) is 19.9 Å². The first-order chi connectivity index (χ1) is 14.0. The summed E-state index contributed by atoms with van der Waals surface area (Å²) in [6.07, 6.45) is 6.71. The van der Waals surface area contributed by atoms with E-state index in [0.717, 1.165) is 21.2 Å². The van der Waals surface area contributed by atoms with E-state index in [1.54, 1.807) is 43.8 Å². The Morgan fingerprint density at radius 3 is 2.24 bits per heavy atom. The van der Waals surface area contributed by atoms with Crippen LogP contribution in [0.25, 0.3) is 22.1 Å². The molecule has 29 heavy (non-hydrogen) atoms. The molecule has 0 aliphatic carbocycles. The van der Waals surface area contributed by atoms with Crippen LogP contribution in [0.5, 0.6) is 0 Å². The van der Waals surface area contributed by atoms with E-state index in [9.17, 15) is 13.0 Å². The molecule has 5 rings (SSSR count). The minimum absolute atomic E-state index is 0.256. The minimum Gasteiger partial charge on any atom is -0.352 e. The monoisotopic (exact) mass is 425 g/mol. The highest BCUT2D eigenvalue weighted by Crippen LogP contribution is 2.52. The highest BCUT2D eigenvalue weighted by atomic mass is 32.2. The van der Waals surface area contributed by atoms with Crippen molar-refractivity contribution in [2.75, 3.05) is 5.32 Å². The normalized spacial score (nSPS) is 14.3. The SMILES string of the molecule is CCC(c1cccc2c1Sc1c(c3nccnc3c3nccnc13)N2)S(=O)(=O)O. The maximum atomic E-state index is 12.0. The lowest BCUT2D eigenvalue weighted by atomic mass is 10.1. The quantitative estimate of drug-likeness (QED) is 0.325. The van der Waals surface area contributed by atoms with Crippen molar-refractivity contribution in [1.29, 1.82) is 0 Å². The summed E-state index contributed by atoms with van der Waals surface area (Å²) in [4.78, 5) is 19.4. The van der Waals surface area contributed by atoms with E-state index >= 15 is 0 Å². The van der Waals surface area contributed by atoms with Crippen LogP contribution in [-0.4, -0.2) is 32.9 Å². The lowest BCUT2D eigenvalue weighted by molar-refractivity contribution is 0.465. The fraction of sp³-hybridized carbons (Fsp3) is 0.158. The van der Waals surface area contributed by atoms with Crippen molar-refractivity contribution < 1.29 is 13.0 Å². The molecule has 0 amide bonds. The molecule has 1 atom stereocenters. The van der Waals surface area contributed by atoms with Gasteiger partial charge in [0.2, 0.25) is 0 Å². The van der Waals surface area contributed by atoms with Gasteiger partial charge in [0, 0.05) is 29.7 Å². The number of benzene rings is 2. The van der Waals surface area contributed by atoms with Crippen LogP contribution in [0.4, 0.5) is 11.4 Å². The average Bonchev–Trinajstić information content (AvgIpc) is 2.72. The van der Waals surface area contributed by atoms with E-state index in [2.05, 4.69) is 25.3 Å². The van der Waals surface area contributed by atoms with Crippen molar-refractivity contribution in [2.45, 2.75) is 28.4 Å². The Hall–Kier alpha value is -2.82. The molecule has 1 aliphatic heterocycles. The maximum Gasteiger partial charge on any atom is 0.272 e. The van der Waals surface area contributed by atoms with E-state index in [-0.39, 0.29) is 6.42 Å². The molecule has 1 unspecified atom stereocenters. The molecule has 0 bridgehead atoms. The first kappa shape index (κ1) is 18.2. The summed E-state index contributed by atoms with van der Waals surface area (Å²) in [6.45, 7) is 1.73. The molecule has 0 saturated heterocycles. The smallest absolute Gasteiger partial charge is 0.272 e. The molecule has 0 spiro atoms. The van der Waals surface area contributed by atoms with Crippen molar-refractivity contribution in [3.63, 3.8) is 0 Å². The van der Waals surface area contributed by atoms with Gasteiger partial charge in [0.25, 0.3) is 10.1 Å². The van der Waals surface area contributed by atoms with Gasteiger partial charge < -0.3 is 5.32 Å². The molecule has 2 N–H and O–H groups in total. The predicted molar refractivity (Wildman–Crippen MR) is 111 cm³/mol. The molecule has 146 valence electrons. The van der Waals surface area contributed by atoms with Crippen molar-refractivity contribution in [3.8, 4) is 0 Å². The summed E-state index contributed by atoms with van der Waals surface area (Å²) < 4.78 is 33.7. The summed E-state index contributed by atoms with van der Waals surface area (Å²) in [7, 11) is -4.25. The topological polar surface area (TPSA) is 118 Å². The molecule has 1 aliphatic rings. The summed E-state index contributed by atoms with van der Waals surface area (Å²) in [5, 5.41) is 2.37. The van der Waals surface area contributed by atoms with Crippen molar-refractivity contribution >= 4 is 55.3 Å². The van der Waals surface area contributed by atoms with Gasteiger partial charge in [-0.1, -0.05) is 30.8 Å². The average molecular weight is 425 g/mol. The second kappa shape index (κ2) is 6.61.